The highest BCUT2D eigenvalue weighted by Crippen LogP contribution is 2.32. The number of carbonyl (C=O) groups is 2. The van der Waals surface area contributed by atoms with E-state index in [9.17, 15) is 22.8 Å². The van der Waals surface area contributed by atoms with E-state index in [-0.39, 0.29) is 16.9 Å². The molecule has 0 saturated heterocycles. The molecule has 1 amide bonds. The summed E-state index contributed by atoms with van der Waals surface area (Å²) in [5.74, 6) is -1.10. The molecule has 0 spiro atoms. The Labute approximate surface area is 157 Å². The van der Waals surface area contributed by atoms with Gasteiger partial charge in [0.25, 0.3) is 5.91 Å². The van der Waals surface area contributed by atoms with Gasteiger partial charge in [-0.05, 0) is 42.5 Å². The minimum Gasteiger partial charge on any atom is -0.459 e. The first-order valence-corrected chi connectivity index (χ1v) is 8.12. The van der Waals surface area contributed by atoms with Gasteiger partial charge in [-0.1, -0.05) is 18.2 Å². The predicted octanol–water partition coefficient (Wildman–Crippen LogP) is 4.91. The van der Waals surface area contributed by atoms with E-state index >= 15 is 0 Å². The largest absolute Gasteiger partial charge is 0.459 e. The van der Waals surface area contributed by atoms with Crippen molar-refractivity contribution in [1.82, 2.24) is 0 Å². The van der Waals surface area contributed by atoms with Gasteiger partial charge in [0.1, 0.15) is 6.61 Å². The molecule has 0 atom stereocenters. The highest BCUT2D eigenvalue weighted by molar-refractivity contribution is 6.02. The first kappa shape index (κ1) is 19.2. The molecule has 28 heavy (non-hydrogen) atoms. The molecule has 1 N–H and O–H groups in total. The van der Waals surface area contributed by atoms with E-state index in [1.54, 1.807) is 6.07 Å². The van der Waals surface area contributed by atoms with Gasteiger partial charge in [0.2, 0.25) is 0 Å². The number of hydrogen-bond acceptors (Lipinski definition) is 4. The zero-order chi connectivity index (χ0) is 20.1. The van der Waals surface area contributed by atoms with Gasteiger partial charge in [0.05, 0.1) is 17.4 Å². The molecule has 1 aromatic heterocycles. The lowest BCUT2D eigenvalue weighted by molar-refractivity contribution is -0.138. The number of hydrogen-bond donors (Lipinski definition) is 1. The van der Waals surface area contributed by atoms with Crippen molar-refractivity contribution in [3.63, 3.8) is 0 Å². The zero-order valence-electron chi connectivity index (χ0n) is 14.3. The van der Waals surface area contributed by atoms with Crippen LogP contribution in [-0.2, 0) is 17.5 Å². The molecule has 0 unspecified atom stereocenters. The number of alkyl halides is 3. The van der Waals surface area contributed by atoms with E-state index in [1.807, 2.05) is 0 Å². The molecule has 3 rings (SSSR count). The molecule has 0 saturated carbocycles. The van der Waals surface area contributed by atoms with Crippen LogP contribution in [0.3, 0.4) is 0 Å². The summed E-state index contributed by atoms with van der Waals surface area (Å²) < 4.78 is 48.9. The second-order valence-corrected chi connectivity index (χ2v) is 5.74. The van der Waals surface area contributed by atoms with Crippen LogP contribution in [0, 0.1) is 0 Å². The number of furan rings is 1. The lowest BCUT2D eigenvalue weighted by atomic mass is 10.1. The highest BCUT2D eigenvalue weighted by Gasteiger charge is 2.33. The van der Waals surface area contributed by atoms with Crippen molar-refractivity contribution < 1.29 is 31.9 Å². The van der Waals surface area contributed by atoms with Crippen LogP contribution in [0.1, 0.15) is 32.0 Å². The smallest absolute Gasteiger partial charge is 0.416 e. The van der Waals surface area contributed by atoms with E-state index in [0.717, 1.165) is 6.07 Å². The van der Waals surface area contributed by atoms with Gasteiger partial charge in [-0.3, -0.25) is 4.79 Å². The zero-order valence-corrected chi connectivity index (χ0v) is 14.3. The fraction of sp³-hybridized carbons (Fsp3) is 0.100. The molecule has 0 radical (unpaired) electrons. The average molecular weight is 389 g/mol. The van der Waals surface area contributed by atoms with Gasteiger partial charge in [-0.2, -0.15) is 13.2 Å². The third-order valence-electron chi connectivity index (χ3n) is 3.80. The minimum atomic E-state index is -4.53. The van der Waals surface area contributed by atoms with Crippen LogP contribution in [-0.4, -0.2) is 11.9 Å². The minimum absolute atomic E-state index is 0.131. The highest BCUT2D eigenvalue weighted by atomic mass is 19.4. The summed E-state index contributed by atoms with van der Waals surface area (Å²) in [6.07, 6.45) is -3.16. The van der Waals surface area contributed by atoms with Crippen molar-refractivity contribution in [3.05, 3.63) is 89.4 Å². The molecule has 0 aliphatic carbocycles. The Morgan fingerprint density at radius 3 is 2.32 bits per heavy atom. The van der Waals surface area contributed by atoms with Crippen LogP contribution in [0.4, 0.5) is 18.9 Å². The maximum absolute atomic E-state index is 13.0. The summed E-state index contributed by atoms with van der Waals surface area (Å²) in [4.78, 5) is 24.0. The molecule has 2 aromatic carbocycles. The fourth-order valence-corrected chi connectivity index (χ4v) is 2.44. The molecule has 0 aliphatic heterocycles. The topological polar surface area (TPSA) is 68.5 Å². The van der Waals surface area contributed by atoms with E-state index in [4.69, 9.17) is 9.15 Å². The van der Waals surface area contributed by atoms with Gasteiger partial charge in [0.15, 0.2) is 5.76 Å². The Morgan fingerprint density at radius 1 is 0.964 bits per heavy atom. The van der Waals surface area contributed by atoms with Crippen molar-refractivity contribution in [2.45, 2.75) is 12.8 Å². The SMILES string of the molecule is O=C(OCc1ccccc1C(F)(F)F)c1ccc(NC(=O)c2ccco2)cc1. The van der Waals surface area contributed by atoms with Crippen LogP contribution < -0.4 is 5.32 Å². The van der Waals surface area contributed by atoms with Crippen LogP contribution in [0.25, 0.3) is 0 Å². The number of rotatable bonds is 5. The van der Waals surface area contributed by atoms with Crippen LogP contribution in [0.15, 0.2) is 71.3 Å². The number of nitrogens with one attached hydrogen (secondary N) is 1. The number of halogens is 3. The standard InChI is InChI=1S/C20H14F3NO4/c21-20(22,23)16-5-2-1-4-14(16)12-28-19(26)13-7-9-15(10-8-13)24-18(25)17-6-3-11-27-17/h1-11H,12H2,(H,24,25). The summed E-state index contributed by atoms with van der Waals surface area (Å²) in [6.45, 7) is -0.508. The number of carbonyl (C=O) groups excluding carboxylic acids is 2. The third-order valence-corrected chi connectivity index (χ3v) is 3.80. The van der Waals surface area contributed by atoms with Crippen molar-refractivity contribution in [3.8, 4) is 0 Å². The number of anilines is 1. The second kappa shape index (κ2) is 7.99. The lowest BCUT2D eigenvalue weighted by Gasteiger charge is -2.13. The van der Waals surface area contributed by atoms with Gasteiger partial charge in [0, 0.05) is 11.3 Å². The summed E-state index contributed by atoms with van der Waals surface area (Å²) >= 11 is 0. The number of ether oxygens (including phenoxy) is 1. The Bertz CT molecular complexity index is 964. The quantitative estimate of drug-likeness (QED) is 0.630. The van der Waals surface area contributed by atoms with Crippen LogP contribution >= 0.6 is 0 Å². The Hall–Kier alpha value is -3.55. The summed E-state index contributed by atoms with van der Waals surface area (Å²) in [6, 6.07) is 13.7. The first-order chi connectivity index (χ1) is 13.3. The molecule has 5 nitrogen and oxygen atoms in total. The van der Waals surface area contributed by atoms with Crippen LogP contribution in [0.5, 0.6) is 0 Å². The molecular weight excluding hydrogens is 375 g/mol. The van der Waals surface area contributed by atoms with Gasteiger partial charge in [-0.15, -0.1) is 0 Å². The average Bonchev–Trinajstić information content (AvgIpc) is 3.21. The molecule has 3 aromatic rings. The summed E-state index contributed by atoms with van der Waals surface area (Å²) in [7, 11) is 0. The van der Waals surface area contributed by atoms with Gasteiger partial charge < -0.3 is 14.5 Å². The maximum Gasteiger partial charge on any atom is 0.416 e. The molecule has 0 bridgehead atoms. The van der Waals surface area contributed by atoms with Crippen molar-refractivity contribution in [1.29, 1.82) is 0 Å². The normalized spacial score (nSPS) is 11.1. The molecule has 144 valence electrons. The number of esters is 1. The Morgan fingerprint density at radius 2 is 1.68 bits per heavy atom. The van der Waals surface area contributed by atoms with Crippen LogP contribution in [0.2, 0.25) is 0 Å². The fourth-order valence-electron chi connectivity index (χ4n) is 2.44. The van der Waals surface area contributed by atoms with Crippen molar-refractivity contribution in [2.24, 2.45) is 0 Å². The van der Waals surface area contributed by atoms with E-state index in [0.29, 0.717) is 5.69 Å². The van der Waals surface area contributed by atoms with Gasteiger partial charge >= 0.3 is 12.1 Å². The predicted molar refractivity (Wildman–Crippen MR) is 93.7 cm³/mol. The molecule has 0 fully saturated rings. The van der Waals surface area contributed by atoms with E-state index < -0.39 is 30.2 Å². The first-order valence-electron chi connectivity index (χ1n) is 8.12. The van der Waals surface area contributed by atoms with E-state index in [2.05, 4.69) is 5.32 Å². The summed E-state index contributed by atoms with van der Waals surface area (Å²) in [5, 5.41) is 2.58. The monoisotopic (exact) mass is 389 g/mol. The number of amides is 1. The Balaban J connectivity index is 1.62. The third kappa shape index (κ3) is 4.59. The molecular formula is C20H14F3NO4. The van der Waals surface area contributed by atoms with E-state index in [1.165, 1.54) is 54.8 Å². The maximum atomic E-state index is 13.0. The lowest BCUT2D eigenvalue weighted by Crippen LogP contribution is -2.12. The second-order valence-electron chi connectivity index (χ2n) is 5.74. The molecule has 0 aliphatic rings. The molecule has 8 heteroatoms. The van der Waals surface area contributed by atoms with Crippen molar-refractivity contribution >= 4 is 17.6 Å². The van der Waals surface area contributed by atoms with Crippen molar-refractivity contribution in [2.75, 3.05) is 5.32 Å². The Kier molecular flexibility index (Phi) is 5.49. The molecule has 1 heterocycles. The van der Waals surface area contributed by atoms with Gasteiger partial charge in [-0.25, -0.2) is 4.79 Å². The summed E-state index contributed by atoms with van der Waals surface area (Å²) in [5.41, 5.74) is -0.426. The number of benzene rings is 2.